The highest BCUT2D eigenvalue weighted by atomic mass is 16.6. The van der Waals surface area contributed by atoms with E-state index in [1.165, 1.54) is 0 Å². The molecular formula is C23H40O3. The van der Waals surface area contributed by atoms with Crippen molar-refractivity contribution in [3.63, 3.8) is 0 Å². The average molecular weight is 365 g/mol. The van der Waals surface area contributed by atoms with E-state index in [4.69, 9.17) is 4.74 Å². The highest BCUT2D eigenvalue weighted by molar-refractivity contribution is 5.28. The minimum absolute atomic E-state index is 0.0275. The maximum absolute atomic E-state index is 11.3. The van der Waals surface area contributed by atoms with E-state index < -0.39 is 11.9 Å². The third kappa shape index (κ3) is 2.35. The summed E-state index contributed by atoms with van der Waals surface area (Å²) < 4.78 is 6.63. The number of fused-ring (bicyclic) bond motifs is 2. The summed E-state index contributed by atoms with van der Waals surface area (Å²) in [5.74, 6) is 2.43. The molecule has 1 spiro atoms. The van der Waals surface area contributed by atoms with Gasteiger partial charge in [-0.25, -0.2) is 0 Å². The molecular weight excluding hydrogens is 324 g/mol. The molecule has 3 nitrogen and oxygen atoms in total. The summed E-state index contributed by atoms with van der Waals surface area (Å²) in [5, 5.41) is 21.9. The first-order valence-corrected chi connectivity index (χ1v) is 10.9. The van der Waals surface area contributed by atoms with Crippen molar-refractivity contribution >= 4 is 0 Å². The molecule has 0 aliphatic heterocycles. The molecule has 0 amide bonds. The molecule has 26 heavy (non-hydrogen) atoms. The third-order valence-corrected chi connectivity index (χ3v) is 9.72. The summed E-state index contributed by atoms with van der Waals surface area (Å²) in [5.41, 5.74) is -0.468. The molecule has 2 N–H and O–H groups in total. The molecule has 4 aliphatic carbocycles. The quantitative estimate of drug-likeness (QED) is 0.708. The fraction of sp³-hybridized carbons (Fsp3) is 1.00. The predicted octanol–water partition coefficient (Wildman–Crippen LogP) is 4.75. The van der Waals surface area contributed by atoms with Crippen LogP contribution in [0, 0.1) is 39.9 Å². The van der Waals surface area contributed by atoms with Crippen LogP contribution in [0.1, 0.15) is 87.0 Å². The van der Waals surface area contributed by atoms with Gasteiger partial charge in [0.15, 0.2) is 6.29 Å². The van der Waals surface area contributed by atoms with E-state index in [-0.39, 0.29) is 16.4 Å². The van der Waals surface area contributed by atoms with Crippen molar-refractivity contribution in [3.8, 4) is 0 Å². The molecule has 8 atom stereocenters. The Labute approximate surface area is 159 Å². The number of rotatable bonds is 4. The van der Waals surface area contributed by atoms with Crippen molar-refractivity contribution in [2.24, 2.45) is 39.9 Å². The molecule has 4 aliphatic rings. The number of aliphatic hydroxyl groups excluding tert-OH is 1. The first kappa shape index (κ1) is 19.2. The van der Waals surface area contributed by atoms with E-state index in [1.807, 2.05) is 6.92 Å². The van der Waals surface area contributed by atoms with Gasteiger partial charge < -0.3 is 14.9 Å². The van der Waals surface area contributed by atoms with Crippen LogP contribution in [0.3, 0.4) is 0 Å². The zero-order chi connectivity index (χ0) is 19.3. The molecule has 150 valence electrons. The summed E-state index contributed by atoms with van der Waals surface area (Å²) in [7, 11) is 0. The van der Waals surface area contributed by atoms with Gasteiger partial charge in [0, 0.05) is 5.41 Å². The van der Waals surface area contributed by atoms with Gasteiger partial charge in [0.1, 0.15) is 0 Å². The number of aliphatic hydroxyl groups is 2. The maximum Gasteiger partial charge on any atom is 0.161 e. The van der Waals surface area contributed by atoms with Gasteiger partial charge in [-0.1, -0.05) is 41.5 Å². The van der Waals surface area contributed by atoms with Crippen LogP contribution >= 0.6 is 0 Å². The van der Waals surface area contributed by atoms with Crippen molar-refractivity contribution in [1.29, 1.82) is 0 Å². The van der Waals surface area contributed by atoms with Gasteiger partial charge >= 0.3 is 0 Å². The SMILES string of the molecule is CC(C)C(C)(C(O)OC12CCC3CC(C)(O)CC4C(C1)C34C2)C(C)(C)C. The Hall–Kier alpha value is -0.120. The molecule has 0 saturated heterocycles. The van der Waals surface area contributed by atoms with Crippen LogP contribution in [0.25, 0.3) is 0 Å². The topological polar surface area (TPSA) is 49.7 Å². The zero-order valence-electron chi connectivity index (χ0n) is 17.9. The summed E-state index contributed by atoms with van der Waals surface area (Å²) in [4.78, 5) is 0. The predicted molar refractivity (Wildman–Crippen MR) is 103 cm³/mol. The van der Waals surface area contributed by atoms with E-state index in [0.29, 0.717) is 23.2 Å². The Balaban J connectivity index is 1.54. The molecule has 3 heteroatoms. The Morgan fingerprint density at radius 2 is 1.65 bits per heavy atom. The monoisotopic (exact) mass is 364 g/mol. The van der Waals surface area contributed by atoms with Crippen LogP contribution in [0.15, 0.2) is 0 Å². The van der Waals surface area contributed by atoms with E-state index in [9.17, 15) is 10.2 Å². The molecule has 0 heterocycles. The molecule has 4 rings (SSSR count). The first-order valence-electron chi connectivity index (χ1n) is 10.9. The van der Waals surface area contributed by atoms with Crippen LogP contribution in [0.4, 0.5) is 0 Å². The van der Waals surface area contributed by atoms with Crippen molar-refractivity contribution < 1.29 is 14.9 Å². The van der Waals surface area contributed by atoms with Gasteiger partial charge in [-0.3, -0.25) is 0 Å². The highest BCUT2D eigenvalue weighted by Gasteiger charge is 2.79. The molecule has 4 fully saturated rings. The minimum atomic E-state index is -0.724. The number of ether oxygens (including phenoxy) is 1. The molecule has 2 bridgehead atoms. The standard InChI is InChI=1S/C23H40O3/c1-14(2)21(7,19(3,4)5)18(24)26-22-9-8-15-10-20(6,25)11-16-17(12-22)23(15,16)13-22/h14-18,24-25H,8-13H2,1-7H3. The van der Waals surface area contributed by atoms with Crippen molar-refractivity contribution in [2.45, 2.75) is 104 Å². The fourth-order valence-corrected chi connectivity index (χ4v) is 7.64. The molecule has 0 radical (unpaired) electrons. The fourth-order valence-electron chi connectivity index (χ4n) is 7.64. The van der Waals surface area contributed by atoms with Crippen LogP contribution in [-0.2, 0) is 4.74 Å². The largest absolute Gasteiger partial charge is 0.390 e. The Morgan fingerprint density at radius 3 is 2.23 bits per heavy atom. The first-order chi connectivity index (χ1) is 11.8. The summed E-state index contributed by atoms with van der Waals surface area (Å²) >= 11 is 0. The normalized spacial score (nSPS) is 50.3. The molecule has 8 unspecified atom stereocenters. The number of hydrogen-bond donors (Lipinski definition) is 2. The lowest BCUT2D eigenvalue weighted by Crippen LogP contribution is -2.53. The Bertz CT molecular complexity index is 591. The average Bonchev–Trinajstić information content (AvgIpc) is 2.95. The van der Waals surface area contributed by atoms with Crippen LogP contribution in [-0.4, -0.2) is 27.7 Å². The summed E-state index contributed by atoms with van der Waals surface area (Å²) in [6.07, 6.45) is 5.63. The van der Waals surface area contributed by atoms with Crippen LogP contribution in [0.2, 0.25) is 0 Å². The lowest BCUT2D eigenvalue weighted by molar-refractivity contribution is -0.277. The van der Waals surface area contributed by atoms with Gasteiger partial charge in [0.05, 0.1) is 11.2 Å². The lowest BCUT2D eigenvalue weighted by Gasteiger charge is -2.53. The van der Waals surface area contributed by atoms with Crippen molar-refractivity contribution in [1.82, 2.24) is 0 Å². The van der Waals surface area contributed by atoms with Crippen LogP contribution in [0.5, 0.6) is 0 Å². The van der Waals surface area contributed by atoms with Gasteiger partial charge in [-0.05, 0) is 80.0 Å². The third-order valence-electron chi connectivity index (χ3n) is 9.72. The van der Waals surface area contributed by atoms with Crippen LogP contribution < -0.4 is 0 Å². The second kappa shape index (κ2) is 5.27. The lowest BCUT2D eigenvalue weighted by atomic mass is 9.60. The van der Waals surface area contributed by atoms with Gasteiger partial charge in [-0.2, -0.15) is 0 Å². The van der Waals surface area contributed by atoms with Crippen molar-refractivity contribution in [2.75, 3.05) is 0 Å². The van der Waals surface area contributed by atoms with E-state index in [0.717, 1.165) is 44.4 Å². The summed E-state index contributed by atoms with van der Waals surface area (Å²) in [6, 6.07) is 0. The molecule has 0 aromatic heterocycles. The highest BCUT2D eigenvalue weighted by Crippen LogP contribution is 2.82. The second-order valence-corrected chi connectivity index (χ2v) is 12.2. The van der Waals surface area contributed by atoms with E-state index >= 15 is 0 Å². The Kier molecular flexibility index (Phi) is 3.89. The maximum atomic E-state index is 11.3. The summed E-state index contributed by atoms with van der Waals surface area (Å²) in [6.45, 7) is 15.3. The smallest absolute Gasteiger partial charge is 0.161 e. The van der Waals surface area contributed by atoms with E-state index in [2.05, 4.69) is 41.5 Å². The van der Waals surface area contributed by atoms with Gasteiger partial charge in [-0.15, -0.1) is 0 Å². The van der Waals surface area contributed by atoms with Gasteiger partial charge in [0.2, 0.25) is 0 Å². The van der Waals surface area contributed by atoms with Crippen molar-refractivity contribution in [3.05, 3.63) is 0 Å². The Morgan fingerprint density at radius 1 is 1.04 bits per heavy atom. The van der Waals surface area contributed by atoms with Gasteiger partial charge in [0.25, 0.3) is 0 Å². The molecule has 0 aromatic rings. The second-order valence-electron chi connectivity index (χ2n) is 12.2. The van der Waals surface area contributed by atoms with E-state index in [1.54, 1.807) is 0 Å². The minimum Gasteiger partial charge on any atom is -0.390 e. The zero-order valence-corrected chi connectivity index (χ0v) is 17.9. The molecule has 4 saturated carbocycles. The molecule has 0 aromatic carbocycles. The number of hydrogen-bond acceptors (Lipinski definition) is 3.